The number of hydrogen-bond donors (Lipinski definition) is 0. The van der Waals surface area contributed by atoms with E-state index in [-0.39, 0.29) is 0 Å². The van der Waals surface area contributed by atoms with Crippen molar-refractivity contribution in [2.45, 2.75) is 187 Å². The lowest BCUT2D eigenvalue weighted by Crippen LogP contribution is -2.49. The van der Waals surface area contributed by atoms with Crippen LogP contribution in [0.15, 0.2) is 48.6 Å². The van der Waals surface area contributed by atoms with Gasteiger partial charge in [0.2, 0.25) is 0 Å². The fraction of sp³-hybridized carbons (Fsp3) is 0.810. The zero-order valence-corrected chi connectivity index (χ0v) is 30.3. The van der Waals surface area contributed by atoms with Crippen LogP contribution in [0.2, 0.25) is 0 Å². The molecule has 0 aromatic heterocycles. The summed E-state index contributed by atoms with van der Waals surface area (Å²) >= 11 is 0. The quantitative estimate of drug-likeness (QED) is 0.0569. The van der Waals surface area contributed by atoms with Crippen molar-refractivity contribution >= 4 is 0 Å². The minimum Gasteiger partial charge on any atom is -0.304 e. The van der Waals surface area contributed by atoms with Crippen LogP contribution in [0.5, 0.6) is 0 Å². The van der Waals surface area contributed by atoms with E-state index < -0.39 is 0 Å². The van der Waals surface area contributed by atoms with Crippen molar-refractivity contribution < 1.29 is 0 Å². The van der Waals surface area contributed by atoms with E-state index in [1.807, 2.05) is 0 Å². The zero-order valence-electron chi connectivity index (χ0n) is 30.3. The van der Waals surface area contributed by atoms with E-state index in [0.717, 1.165) is 18.9 Å². The predicted octanol–water partition coefficient (Wildman–Crippen LogP) is 13.0. The first-order valence-electron chi connectivity index (χ1n) is 19.8. The van der Waals surface area contributed by atoms with Gasteiger partial charge >= 0.3 is 0 Å². The molecule has 0 saturated carbocycles. The largest absolute Gasteiger partial charge is 0.304 e. The summed E-state index contributed by atoms with van der Waals surface area (Å²) in [6, 6.07) is 0.834. The summed E-state index contributed by atoms with van der Waals surface area (Å²) in [5.41, 5.74) is 0. The van der Waals surface area contributed by atoms with Crippen LogP contribution in [-0.4, -0.2) is 49.1 Å². The smallest absolute Gasteiger partial charge is 0.0113 e. The van der Waals surface area contributed by atoms with Crippen LogP contribution in [-0.2, 0) is 0 Å². The van der Waals surface area contributed by atoms with Crippen molar-refractivity contribution in [3.05, 3.63) is 48.6 Å². The molecule has 0 unspecified atom stereocenters. The molecule has 1 aliphatic rings. The number of unbranched alkanes of at least 4 members (excludes halogenated alkanes) is 18. The summed E-state index contributed by atoms with van der Waals surface area (Å²) in [6.07, 6.45) is 54.2. The van der Waals surface area contributed by atoms with Gasteiger partial charge in [-0.2, -0.15) is 0 Å². The second kappa shape index (κ2) is 33.2. The summed E-state index contributed by atoms with van der Waals surface area (Å²) in [5, 5.41) is 0. The molecule has 0 radical (unpaired) electrons. The monoisotopic (exact) mass is 611 g/mol. The van der Waals surface area contributed by atoms with Gasteiger partial charge in [-0.15, -0.1) is 0 Å². The summed E-state index contributed by atoms with van der Waals surface area (Å²) in [5.74, 6) is 0. The Morgan fingerprint density at radius 3 is 1.14 bits per heavy atom. The molecule has 1 aliphatic heterocycles. The molecule has 0 spiro atoms. The van der Waals surface area contributed by atoms with E-state index in [9.17, 15) is 0 Å². The van der Waals surface area contributed by atoms with Gasteiger partial charge in [0.15, 0.2) is 0 Å². The molecular formula is C42H78N2. The normalized spacial score (nSPS) is 16.1. The van der Waals surface area contributed by atoms with Crippen LogP contribution in [0.3, 0.4) is 0 Å². The molecule has 0 bridgehead atoms. The first kappa shape index (κ1) is 40.9. The molecule has 0 aromatic rings. The molecule has 0 aliphatic carbocycles. The highest BCUT2D eigenvalue weighted by Gasteiger charge is 2.21. The minimum atomic E-state index is 0.834. The lowest BCUT2D eigenvalue weighted by Gasteiger charge is -2.38. The SMILES string of the molecule is CCCCCC=CCC=CCCCCCCCCC(CCCCCCCCC=CCC=CCCCCC)N1CCN(C)CC1. The van der Waals surface area contributed by atoms with Crippen molar-refractivity contribution in [2.75, 3.05) is 33.2 Å². The Morgan fingerprint density at radius 2 is 0.750 bits per heavy atom. The highest BCUT2D eigenvalue weighted by atomic mass is 15.3. The van der Waals surface area contributed by atoms with Gasteiger partial charge in [-0.1, -0.05) is 152 Å². The third kappa shape index (κ3) is 27.2. The van der Waals surface area contributed by atoms with Gasteiger partial charge in [-0.3, -0.25) is 4.90 Å². The van der Waals surface area contributed by atoms with Gasteiger partial charge in [0.25, 0.3) is 0 Å². The van der Waals surface area contributed by atoms with Gasteiger partial charge < -0.3 is 4.90 Å². The third-order valence-corrected chi connectivity index (χ3v) is 9.53. The molecule has 2 nitrogen and oxygen atoms in total. The Bertz CT molecular complexity index is 634. The Hall–Kier alpha value is -1.12. The lowest BCUT2D eigenvalue weighted by molar-refractivity contribution is 0.0989. The van der Waals surface area contributed by atoms with Crippen molar-refractivity contribution in [1.82, 2.24) is 9.80 Å². The molecule has 1 saturated heterocycles. The number of allylic oxidation sites excluding steroid dienone is 8. The molecular weight excluding hydrogens is 532 g/mol. The second-order valence-corrected chi connectivity index (χ2v) is 13.7. The lowest BCUT2D eigenvalue weighted by atomic mass is 9.98. The van der Waals surface area contributed by atoms with Crippen molar-refractivity contribution in [2.24, 2.45) is 0 Å². The Kier molecular flexibility index (Phi) is 30.9. The van der Waals surface area contributed by atoms with Crippen LogP contribution in [0.1, 0.15) is 181 Å². The number of likely N-dealkylation sites (N-methyl/N-ethyl adjacent to an activating group) is 1. The fourth-order valence-electron chi connectivity index (χ4n) is 6.43. The van der Waals surface area contributed by atoms with Crippen molar-refractivity contribution in [3.8, 4) is 0 Å². The average molecular weight is 611 g/mol. The predicted molar refractivity (Wildman–Crippen MR) is 201 cm³/mol. The second-order valence-electron chi connectivity index (χ2n) is 13.7. The van der Waals surface area contributed by atoms with Gasteiger partial charge in [0, 0.05) is 32.2 Å². The highest BCUT2D eigenvalue weighted by molar-refractivity contribution is 4.93. The van der Waals surface area contributed by atoms with Gasteiger partial charge in [-0.05, 0) is 84.1 Å². The standard InChI is InChI=1S/C42H78N2/c1-4-6-8-10-12-14-16-18-20-22-24-26-28-30-32-34-36-42(44-40-38-43(3)39-41-44)37-35-33-31-29-27-25-23-21-19-17-15-13-11-9-7-5-2/h12-15,18-21,42H,4-11,16-17,22-41H2,1-3H3. The van der Waals surface area contributed by atoms with Crippen LogP contribution < -0.4 is 0 Å². The molecule has 1 fully saturated rings. The maximum Gasteiger partial charge on any atom is 0.0113 e. The van der Waals surface area contributed by atoms with Crippen LogP contribution in [0.4, 0.5) is 0 Å². The summed E-state index contributed by atoms with van der Waals surface area (Å²) in [4.78, 5) is 5.36. The number of hydrogen-bond acceptors (Lipinski definition) is 2. The van der Waals surface area contributed by atoms with E-state index in [1.54, 1.807) is 0 Å². The van der Waals surface area contributed by atoms with E-state index in [0.29, 0.717) is 0 Å². The molecule has 256 valence electrons. The molecule has 0 amide bonds. The number of piperazine rings is 1. The molecule has 44 heavy (non-hydrogen) atoms. The Balaban J connectivity index is 2.06. The molecule has 0 aromatic carbocycles. The van der Waals surface area contributed by atoms with Gasteiger partial charge in [0.1, 0.15) is 0 Å². The average Bonchev–Trinajstić information content (AvgIpc) is 3.03. The highest BCUT2D eigenvalue weighted by Crippen LogP contribution is 2.20. The van der Waals surface area contributed by atoms with Crippen molar-refractivity contribution in [1.29, 1.82) is 0 Å². The van der Waals surface area contributed by atoms with Crippen LogP contribution in [0, 0.1) is 0 Å². The molecule has 1 heterocycles. The Labute approximate surface area is 277 Å². The first-order chi connectivity index (χ1) is 21.8. The topological polar surface area (TPSA) is 6.48 Å². The molecule has 0 atom stereocenters. The summed E-state index contributed by atoms with van der Waals surface area (Å²) in [7, 11) is 2.29. The van der Waals surface area contributed by atoms with E-state index >= 15 is 0 Å². The van der Waals surface area contributed by atoms with Crippen LogP contribution in [0.25, 0.3) is 0 Å². The fourth-order valence-corrected chi connectivity index (χ4v) is 6.43. The molecule has 0 N–H and O–H groups in total. The maximum atomic E-state index is 2.85. The van der Waals surface area contributed by atoms with Gasteiger partial charge in [0.05, 0.1) is 0 Å². The summed E-state index contributed by atoms with van der Waals surface area (Å²) < 4.78 is 0. The van der Waals surface area contributed by atoms with Gasteiger partial charge in [-0.25, -0.2) is 0 Å². The molecule has 1 rings (SSSR count). The summed E-state index contributed by atoms with van der Waals surface area (Å²) in [6.45, 7) is 9.63. The number of nitrogens with zero attached hydrogens (tertiary/aromatic N) is 2. The first-order valence-corrected chi connectivity index (χ1v) is 19.8. The Morgan fingerprint density at radius 1 is 0.409 bits per heavy atom. The minimum absolute atomic E-state index is 0.834. The zero-order chi connectivity index (χ0) is 31.6. The van der Waals surface area contributed by atoms with E-state index in [4.69, 9.17) is 0 Å². The number of rotatable bonds is 31. The van der Waals surface area contributed by atoms with E-state index in [2.05, 4.69) is 79.3 Å². The third-order valence-electron chi connectivity index (χ3n) is 9.53. The van der Waals surface area contributed by atoms with Crippen LogP contribution >= 0.6 is 0 Å². The van der Waals surface area contributed by atoms with Crippen molar-refractivity contribution in [3.63, 3.8) is 0 Å². The maximum absolute atomic E-state index is 2.85. The van der Waals surface area contributed by atoms with E-state index in [1.165, 1.54) is 180 Å². The molecule has 2 heteroatoms.